The minimum Gasteiger partial charge on any atom is -0.370 e. The molecule has 0 bridgehead atoms. The highest BCUT2D eigenvalue weighted by Crippen LogP contribution is 2.22. The monoisotopic (exact) mass is 233 g/mol. The number of unbranched alkanes of at least 4 members (excludes halogenated alkanes) is 1. The summed E-state index contributed by atoms with van der Waals surface area (Å²) in [5.74, 6) is 0.998. The van der Waals surface area contributed by atoms with Crippen LogP contribution in [0.5, 0.6) is 0 Å². The Morgan fingerprint density at radius 2 is 2.35 bits per heavy atom. The summed E-state index contributed by atoms with van der Waals surface area (Å²) in [4.78, 5) is 4.47. The van der Waals surface area contributed by atoms with E-state index in [1.165, 1.54) is 37.7 Å². The zero-order valence-electron chi connectivity index (χ0n) is 10.7. The largest absolute Gasteiger partial charge is 0.370 e. The summed E-state index contributed by atoms with van der Waals surface area (Å²) in [6, 6.07) is 4.81. The summed E-state index contributed by atoms with van der Waals surface area (Å²) >= 11 is 0. The maximum absolute atomic E-state index is 4.47. The molecule has 1 aromatic rings. The van der Waals surface area contributed by atoms with Crippen LogP contribution in [0.1, 0.15) is 50.6 Å². The van der Waals surface area contributed by atoms with Crippen LogP contribution in [-0.2, 0) is 0 Å². The van der Waals surface area contributed by atoms with Gasteiger partial charge in [0.25, 0.3) is 0 Å². The molecular formula is C14H23N3. The van der Waals surface area contributed by atoms with Crippen molar-refractivity contribution >= 4 is 5.82 Å². The topological polar surface area (TPSA) is 37.0 Å². The predicted molar refractivity (Wildman–Crippen MR) is 72.2 cm³/mol. The van der Waals surface area contributed by atoms with E-state index in [1.807, 2.05) is 6.20 Å². The van der Waals surface area contributed by atoms with E-state index < -0.39 is 0 Å². The lowest BCUT2D eigenvalue weighted by Crippen LogP contribution is -2.26. The second-order valence-electron chi connectivity index (χ2n) is 4.76. The molecule has 3 heteroatoms. The zero-order chi connectivity index (χ0) is 11.9. The Morgan fingerprint density at radius 1 is 1.41 bits per heavy atom. The second kappa shape index (κ2) is 6.60. The van der Waals surface area contributed by atoms with Crippen molar-refractivity contribution in [2.24, 2.45) is 0 Å². The van der Waals surface area contributed by atoms with Crippen molar-refractivity contribution in [2.75, 3.05) is 18.4 Å². The highest BCUT2D eigenvalue weighted by Gasteiger charge is 2.14. The van der Waals surface area contributed by atoms with Gasteiger partial charge in [0.05, 0.1) is 0 Å². The molecule has 0 saturated carbocycles. The van der Waals surface area contributed by atoms with Crippen LogP contribution in [0.15, 0.2) is 18.3 Å². The van der Waals surface area contributed by atoms with Gasteiger partial charge in [-0.15, -0.1) is 0 Å². The molecule has 3 nitrogen and oxygen atoms in total. The quantitative estimate of drug-likeness (QED) is 0.767. The van der Waals surface area contributed by atoms with Crippen molar-refractivity contribution in [3.05, 3.63) is 23.9 Å². The molecule has 1 aliphatic rings. The van der Waals surface area contributed by atoms with E-state index in [4.69, 9.17) is 0 Å². The fourth-order valence-corrected chi connectivity index (χ4v) is 2.25. The first-order chi connectivity index (χ1) is 8.40. The van der Waals surface area contributed by atoms with Crippen LogP contribution in [-0.4, -0.2) is 18.1 Å². The molecule has 2 N–H and O–H groups in total. The molecule has 94 valence electrons. The van der Waals surface area contributed by atoms with E-state index in [-0.39, 0.29) is 0 Å². The first-order valence-corrected chi connectivity index (χ1v) is 6.83. The number of nitrogens with one attached hydrogen (secondary N) is 2. The van der Waals surface area contributed by atoms with Gasteiger partial charge in [-0.2, -0.15) is 0 Å². The third-order valence-electron chi connectivity index (χ3n) is 3.34. The van der Waals surface area contributed by atoms with Gasteiger partial charge in [-0.05, 0) is 37.4 Å². The Bertz CT molecular complexity index is 315. The van der Waals surface area contributed by atoms with Crippen molar-refractivity contribution in [3.63, 3.8) is 0 Å². The Hall–Kier alpha value is -1.09. The molecule has 2 rings (SSSR count). The average Bonchev–Trinajstić information content (AvgIpc) is 2.41. The SMILES string of the molecule is CCCCNc1ccc(C2CCCCN2)cn1. The van der Waals surface area contributed by atoms with Gasteiger partial charge in [0.2, 0.25) is 0 Å². The summed E-state index contributed by atoms with van der Waals surface area (Å²) in [5, 5.41) is 6.89. The van der Waals surface area contributed by atoms with E-state index in [0.717, 1.165) is 18.9 Å². The molecule has 0 radical (unpaired) electrons. The number of piperidine rings is 1. The predicted octanol–water partition coefficient (Wildman–Crippen LogP) is 3.11. The number of hydrogen-bond donors (Lipinski definition) is 2. The number of pyridine rings is 1. The van der Waals surface area contributed by atoms with Gasteiger partial charge in [-0.25, -0.2) is 4.98 Å². The second-order valence-corrected chi connectivity index (χ2v) is 4.76. The van der Waals surface area contributed by atoms with E-state index in [0.29, 0.717) is 6.04 Å². The molecule has 1 aliphatic heterocycles. The van der Waals surface area contributed by atoms with Crippen molar-refractivity contribution in [1.82, 2.24) is 10.3 Å². The molecule has 0 aliphatic carbocycles. The van der Waals surface area contributed by atoms with Crippen LogP contribution >= 0.6 is 0 Å². The summed E-state index contributed by atoms with van der Waals surface area (Å²) in [7, 11) is 0. The van der Waals surface area contributed by atoms with Crippen LogP contribution in [0.4, 0.5) is 5.82 Å². The molecule has 2 heterocycles. The van der Waals surface area contributed by atoms with Gasteiger partial charge in [-0.3, -0.25) is 0 Å². The van der Waals surface area contributed by atoms with Gasteiger partial charge in [0, 0.05) is 18.8 Å². The van der Waals surface area contributed by atoms with Crippen LogP contribution in [0, 0.1) is 0 Å². The third kappa shape index (κ3) is 3.70. The highest BCUT2D eigenvalue weighted by molar-refractivity contribution is 5.36. The van der Waals surface area contributed by atoms with E-state index in [2.05, 4.69) is 34.7 Å². The molecule has 0 amide bonds. The van der Waals surface area contributed by atoms with E-state index in [9.17, 15) is 0 Å². The summed E-state index contributed by atoms with van der Waals surface area (Å²) < 4.78 is 0. The average molecular weight is 233 g/mol. The number of hydrogen-bond acceptors (Lipinski definition) is 3. The third-order valence-corrected chi connectivity index (χ3v) is 3.34. The number of rotatable bonds is 5. The number of aromatic nitrogens is 1. The molecule has 17 heavy (non-hydrogen) atoms. The van der Waals surface area contributed by atoms with Crippen molar-refractivity contribution in [2.45, 2.75) is 45.1 Å². The number of nitrogens with zero attached hydrogens (tertiary/aromatic N) is 1. The Kier molecular flexibility index (Phi) is 4.80. The molecule has 1 fully saturated rings. The highest BCUT2D eigenvalue weighted by atomic mass is 15.0. The van der Waals surface area contributed by atoms with Crippen molar-refractivity contribution < 1.29 is 0 Å². The summed E-state index contributed by atoms with van der Waals surface area (Å²) in [6.45, 7) is 4.36. The molecule has 1 aromatic heterocycles. The Morgan fingerprint density at radius 3 is 3.00 bits per heavy atom. The fraction of sp³-hybridized carbons (Fsp3) is 0.643. The number of anilines is 1. The smallest absolute Gasteiger partial charge is 0.125 e. The maximum Gasteiger partial charge on any atom is 0.125 e. The molecule has 0 spiro atoms. The van der Waals surface area contributed by atoms with Crippen LogP contribution in [0.25, 0.3) is 0 Å². The van der Waals surface area contributed by atoms with Gasteiger partial charge >= 0.3 is 0 Å². The Balaban J connectivity index is 1.88. The van der Waals surface area contributed by atoms with Crippen LogP contribution in [0.3, 0.4) is 0 Å². The van der Waals surface area contributed by atoms with Crippen LogP contribution < -0.4 is 10.6 Å². The van der Waals surface area contributed by atoms with Crippen molar-refractivity contribution in [3.8, 4) is 0 Å². The van der Waals surface area contributed by atoms with Gasteiger partial charge in [0.15, 0.2) is 0 Å². The van der Waals surface area contributed by atoms with Gasteiger partial charge in [0.1, 0.15) is 5.82 Å². The maximum atomic E-state index is 4.47. The standard InChI is InChI=1S/C14H23N3/c1-2-3-9-16-14-8-7-12(11-17-14)13-6-4-5-10-15-13/h7-8,11,13,15H,2-6,9-10H2,1H3,(H,16,17). The normalized spacial score (nSPS) is 20.2. The lowest BCUT2D eigenvalue weighted by atomic mass is 9.99. The lowest BCUT2D eigenvalue weighted by Gasteiger charge is -2.23. The zero-order valence-corrected chi connectivity index (χ0v) is 10.7. The molecule has 1 unspecified atom stereocenters. The summed E-state index contributed by atoms with van der Waals surface area (Å²) in [6.07, 6.45) is 8.31. The molecule has 1 atom stereocenters. The molecule has 1 saturated heterocycles. The summed E-state index contributed by atoms with van der Waals surface area (Å²) in [5.41, 5.74) is 1.32. The van der Waals surface area contributed by atoms with E-state index in [1.54, 1.807) is 0 Å². The first-order valence-electron chi connectivity index (χ1n) is 6.83. The fourth-order valence-electron chi connectivity index (χ4n) is 2.25. The lowest BCUT2D eigenvalue weighted by molar-refractivity contribution is 0.411. The Labute approximate surface area is 104 Å². The first kappa shape index (κ1) is 12.4. The van der Waals surface area contributed by atoms with Gasteiger partial charge < -0.3 is 10.6 Å². The minimum absolute atomic E-state index is 0.515. The molecular weight excluding hydrogens is 210 g/mol. The van der Waals surface area contributed by atoms with E-state index >= 15 is 0 Å². The minimum atomic E-state index is 0.515. The molecule has 0 aromatic carbocycles. The van der Waals surface area contributed by atoms with Crippen molar-refractivity contribution in [1.29, 1.82) is 0 Å². The van der Waals surface area contributed by atoms with Crippen LogP contribution in [0.2, 0.25) is 0 Å². The van der Waals surface area contributed by atoms with Gasteiger partial charge in [-0.1, -0.05) is 25.8 Å².